The van der Waals surface area contributed by atoms with E-state index in [1.807, 2.05) is 4.90 Å². The average molecular weight is 347 g/mol. The number of hydrogen-bond donors (Lipinski definition) is 1. The van der Waals surface area contributed by atoms with Gasteiger partial charge in [-0.05, 0) is 62.3 Å². The smallest absolute Gasteiger partial charge is 0.321 e. The molecule has 0 saturated carbocycles. The van der Waals surface area contributed by atoms with E-state index in [-0.39, 0.29) is 17.8 Å². The fraction of sp³-hybridized carbons (Fsp3) is 0.579. The zero-order chi connectivity index (χ0) is 17.6. The predicted octanol–water partition coefficient (Wildman–Crippen LogP) is 3.47. The minimum Gasteiger partial charge on any atom is -0.343 e. The van der Waals surface area contributed by atoms with Gasteiger partial charge in [0.05, 0.1) is 0 Å². The number of amides is 3. The monoisotopic (exact) mass is 347 g/mol. The number of halogens is 1. The van der Waals surface area contributed by atoms with Crippen molar-refractivity contribution in [2.75, 3.05) is 31.5 Å². The molecule has 3 amide bonds. The molecule has 0 spiro atoms. The molecule has 1 atom stereocenters. The molecule has 3 rings (SSSR count). The van der Waals surface area contributed by atoms with Gasteiger partial charge in [-0.15, -0.1) is 0 Å². The van der Waals surface area contributed by atoms with E-state index in [4.69, 9.17) is 0 Å². The first-order chi connectivity index (χ1) is 12.1. The fourth-order valence-electron chi connectivity index (χ4n) is 3.67. The number of urea groups is 1. The molecular formula is C19H26FN3O2. The standard InChI is InChI=1S/C19H26FN3O2/c20-16-6-8-17(9-7-16)21-19(25)23-13-3-4-15(14-23)5-10-18(24)22-11-1-2-12-22/h6-9,15H,1-5,10-14H2,(H,21,25). The van der Waals surface area contributed by atoms with E-state index >= 15 is 0 Å². The third-order valence-corrected chi connectivity index (χ3v) is 5.13. The van der Waals surface area contributed by atoms with Crippen molar-refractivity contribution in [3.8, 4) is 0 Å². The second-order valence-corrected chi connectivity index (χ2v) is 7.02. The van der Waals surface area contributed by atoms with Crippen molar-refractivity contribution in [2.45, 2.75) is 38.5 Å². The third-order valence-electron chi connectivity index (χ3n) is 5.13. The summed E-state index contributed by atoms with van der Waals surface area (Å²) in [7, 11) is 0. The van der Waals surface area contributed by atoms with Crippen molar-refractivity contribution < 1.29 is 14.0 Å². The van der Waals surface area contributed by atoms with Crippen molar-refractivity contribution in [3.05, 3.63) is 30.1 Å². The van der Waals surface area contributed by atoms with Crippen LogP contribution >= 0.6 is 0 Å². The molecule has 0 bridgehead atoms. The maximum Gasteiger partial charge on any atom is 0.321 e. The number of carbonyl (C=O) groups is 2. The first kappa shape index (κ1) is 17.7. The van der Waals surface area contributed by atoms with Gasteiger partial charge < -0.3 is 15.1 Å². The first-order valence-electron chi connectivity index (χ1n) is 9.21. The van der Waals surface area contributed by atoms with Crippen LogP contribution in [-0.2, 0) is 4.79 Å². The van der Waals surface area contributed by atoms with Crippen LogP contribution in [0.4, 0.5) is 14.9 Å². The SMILES string of the molecule is O=C(CCC1CCCN(C(=O)Nc2ccc(F)cc2)C1)N1CCCC1. The predicted molar refractivity (Wildman–Crippen MR) is 94.8 cm³/mol. The Morgan fingerprint density at radius 1 is 1.04 bits per heavy atom. The van der Waals surface area contributed by atoms with Gasteiger partial charge >= 0.3 is 6.03 Å². The Hall–Kier alpha value is -2.11. The lowest BCUT2D eigenvalue weighted by Gasteiger charge is -2.33. The topological polar surface area (TPSA) is 52.7 Å². The minimum atomic E-state index is -0.321. The van der Waals surface area contributed by atoms with Crippen molar-refractivity contribution in [1.82, 2.24) is 9.80 Å². The second kappa shape index (κ2) is 8.32. The average Bonchev–Trinajstić information content (AvgIpc) is 3.16. The number of anilines is 1. The number of likely N-dealkylation sites (tertiary alicyclic amines) is 2. The number of benzene rings is 1. The van der Waals surface area contributed by atoms with Gasteiger partial charge in [0.25, 0.3) is 0 Å². The lowest BCUT2D eigenvalue weighted by atomic mass is 9.93. The van der Waals surface area contributed by atoms with Crippen LogP contribution in [0.3, 0.4) is 0 Å². The second-order valence-electron chi connectivity index (χ2n) is 7.02. The van der Waals surface area contributed by atoms with Crippen molar-refractivity contribution in [1.29, 1.82) is 0 Å². The van der Waals surface area contributed by atoms with Crippen molar-refractivity contribution >= 4 is 17.6 Å². The summed E-state index contributed by atoms with van der Waals surface area (Å²) < 4.78 is 12.9. The molecule has 5 nitrogen and oxygen atoms in total. The number of piperidine rings is 1. The maximum atomic E-state index is 12.9. The third kappa shape index (κ3) is 4.94. The highest BCUT2D eigenvalue weighted by molar-refractivity contribution is 5.89. The van der Waals surface area contributed by atoms with Crippen LogP contribution in [0.2, 0.25) is 0 Å². The van der Waals surface area contributed by atoms with Gasteiger partial charge in [0.15, 0.2) is 0 Å². The molecule has 0 radical (unpaired) electrons. The van der Waals surface area contributed by atoms with Crippen LogP contribution in [0, 0.1) is 11.7 Å². The van der Waals surface area contributed by atoms with E-state index in [2.05, 4.69) is 5.32 Å². The molecule has 0 aromatic heterocycles. The minimum absolute atomic E-state index is 0.151. The van der Waals surface area contributed by atoms with E-state index < -0.39 is 0 Å². The summed E-state index contributed by atoms with van der Waals surface area (Å²) in [5, 5.41) is 2.81. The quantitative estimate of drug-likeness (QED) is 0.907. The van der Waals surface area contributed by atoms with Gasteiger partial charge in [-0.1, -0.05) is 0 Å². The molecule has 1 aromatic rings. The molecule has 136 valence electrons. The van der Waals surface area contributed by atoms with Gasteiger partial charge in [-0.25, -0.2) is 9.18 Å². The highest BCUT2D eigenvalue weighted by Gasteiger charge is 2.25. The molecule has 2 aliphatic heterocycles. The highest BCUT2D eigenvalue weighted by Crippen LogP contribution is 2.23. The van der Waals surface area contributed by atoms with Crippen LogP contribution in [0.1, 0.15) is 38.5 Å². The Labute approximate surface area is 148 Å². The number of hydrogen-bond acceptors (Lipinski definition) is 2. The summed E-state index contributed by atoms with van der Waals surface area (Å²) in [6.07, 6.45) is 5.68. The molecule has 2 aliphatic rings. The van der Waals surface area contributed by atoms with Crippen molar-refractivity contribution in [2.24, 2.45) is 5.92 Å². The number of rotatable bonds is 4. The van der Waals surface area contributed by atoms with Gasteiger partial charge in [-0.3, -0.25) is 4.79 Å². The van der Waals surface area contributed by atoms with Crippen molar-refractivity contribution in [3.63, 3.8) is 0 Å². The Bertz CT molecular complexity index is 599. The zero-order valence-corrected chi connectivity index (χ0v) is 14.5. The zero-order valence-electron chi connectivity index (χ0n) is 14.5. The molecule has 25 heavy (non-hydrogen) atoms. The van der Waals surface area contributed by atoms with Gasteiger partial charge in [-0.2, -0.15) is 0 Å². The molecule has 1 N–H and O–H groups in total. The fourth-order valence-corrected chi connectivity index (χ4v) is 3.67. The highest BCUT2D eigenvalue weighted by atomic mass is 19.1. The Kier molecular flexibility index (Phi) is 5.89. The van der Waals surface area contributed by atoms with Crippen LogP contribution in [0.5, 0.6) is 0 Å². The normalized spacial score (nSPS) is 20.6. The molecule has 2 fully saturated rings. The summed E-state index contributed by atoms with van der Waals surface area (Å²) in [5.41, 5.74) is 0.595. The largest absolute Gasteiger partial charge is 0.343 e. The van der Waals surface area contributed by atoms with Crippen LogP contribution in [-0.4, -0.2) is 47.9 Å². The number of nitrogens with zero attached hydrogens (tertiary/aromatic N) is 2. The van der Waals surface area contributed by atoms with Gasteiger partial charge in [0.2, 0.25) is 5.91 Å². The molecular weight excluding hydrogens is 321 g/mol. The van der Waals surface area contributed by atoms with E-state index in [1.165, 1.54) is 12.1 Å². The summed E-state index contributed by atoms with van der Waals surface area (Å²) in [4.78, 5) is 28.3. The Morgan fingerprint density at radius 2 is 1.72 bits per heavy atom. The molecule has 6 heteroatoms. The summed E-state index contributed by atoms with van der Waals surface area (Å²) in [6.45, 7) is 3.20. The van der Waals surface area contributed by atoms with Crippen LogP contribution in [0.15, 0.2) is 24.3 Å². The summed E-state index contributed by atoms with van der Waals surface area (Å²) in [6, 6.07) is 5.63. The van der Waals surface area contributed by atoms with E-state index in [0.717, 1.165) is 51.7 Å². The molecule has 1 unspecified atom stereocenters. The Morgan fingerprint density at radius 3 is 2.44 bits per heavy atom. The van der Waals surface area contributed by atoms with E-state index in [9.17, 15) is 14.0 Å². The maximum absolute atomic E-state index is 12.9. The van der Waals surface area contributed by atoms with E-state index in [1.54, 1.807) is 17.0 Å². The molecule has 1 aromatic carbocycles. The molecule has 0 aliphatic carbocycles. The lowest BCUT2D eigenvalue weighted by molar-refractivity contribution is -0.130. The van der Waals surface area contributed by atoms with Gasteiger partial charge in [0, 0.05) is 38.3 Å². The van der Waals surface area contributed by atoms with E-state index in [0.29, 0.717) is 24.6 Å². The Balaban J connectivity index is 1.46. The first-order valence-corrected chi connectivity index (χ1v) is 9.21. The summed E-state index contributed by atoms with van der Waals surface area (Å²) in [5.74, 6) is 0.309. The lowest BCUT2D eigenvalue weighted by Crippen LogP contribution is -2.42. The number of carbonyl (C=O) groups excluding carboxylic acids is 2. The number of nitrogens with one attached hydrogen (secondary N) is 1. The van der Waals surface area contributed by atoms with Crippen LogP contribution in [0.25, 0.3) is 0 Å². The molecule has 2 saturated heterocycles. The molecule has 2 heterocycles. The summed E-state index contributed by atoms with van der Waals surface area (Å²) >= 11 is 0. The van der Waals surface area contributed by atoms with Crippen LogP contribution < -0.4 is 5.32 Å². The van der Waals surface area contributed by atoms with Gasteiger partial charge in [0.1, 0.15) is 5.82 Å².